The third-order valence-electron chi connectivity index (χ3n) is 3.71. The maximum absolute atomic E-state index is 5.58. The Hall–Kier alpha value is -0.120. The van der Waals surface area contributed by atoms with Gasteiger partial charge in [-0.2, -0.15) is 0 Å². The van der Waals surface area contributed by atoms with E-state index >= 15 is 0 Å². The number of nitrogens with one attached hydrogen (secondary N) is 1. The number of unbranched alkanes of at least 4 members (excludes halogenated alkanes) is 3. The molecule has 3 N–H and O–H groups in total. The molecule has 0 aliphatic heterocycles. The van der Waals surface area contributed by atoms with Crippen molar-refractivity contribution in [3.8, 4) is 0 Å². The van der Waals surface area contributed by atoms with Crippen molar-refractivity contribution in [3.63, 3.8) is 0 Å². The molecule has 0 aliphatic rings. The summed E-state index contributed by atoms with van der Waals surface area (Å²) in [5.74, 6) is 0. The second kappa shape index (κ2) is 14.3. The predicted molar refractivity (Wildman–Crippen MR) is 86.6 cm³/mol. The Morgan fingerprint density at radius 1 is 0.947 bits per heavy atom. The molecule has 0 rings (SSSR count). The highest BCUT2D eigenvalue weighted by atomic mass is 15.2. The van der Waals surface area contributed by atoms with Gasteiger partial charge in [0.15, 0.2) is 0 Å². The van der Waals surface area contributed by atoms with Crippen LogP contribution in [0.3, 0.4) is 0 Å². The van der Waals surface area contributed by atoms with Crippen molar-refractivity contribution in [1.29, 1.82) is 0 Å². The van der Waals surface area contributed by atoms with Crippen LogP contribution in [-0.4, -0.2) is 43.7 Å². The monoisotopic (exact) mass is 271 g/mol. The third-order valence-corrected chi connectivity index (χ3v) is 3.71. The van der Waals surface area contributed by atoms with Crippen LogP contribution in [0, 0.1) is 0 Å². The lowest BCUT2D eigenvalue weighted by Gasteiger charge is -2.32. The fraction of sp³-hybridized carbons (Fsp3) is 1.00. The summed E-state index contributed by atoms with van der Waals surface area (Å²) in [6.45, 7) is 12.2. The minimum atomic E-state index is 0.699. The first kappa shape index (κ1) is 18.9. The van der Waals surface area contributed by atoms with E-state index in [1.165, 1.54) is 58.0 Å². The van der Waals surface area contributed by atoms with Crippen molar-refractivity contribution in [2.45, 2.75) is 71.8 Å². The molecule has 0 fully saturated rings. The molecule has 0 aromatic carbocycles. The van der Waals surface area contributed by atoms with Gasteiger partial charge in [0.05, 0.1) is 0 Å². The van der Waals surface area contributed by atoms with Crippen LogP contribution >= 0.6 is 0 Å². The van der Waals surface area contributed by atoms with Gasteiger partial charge in [-0.05, 0) is 32.4 Å². The fourth-order valence-corrected chi connectivity index (χ4v) is 2.42. The number of hydrogen-bond donors (Lipinski definition) is 2. The number of hydrogen-bond acceptors (Lipinski definition) is 3. The van der Waals surface area contributed by atoms with Crippen LogP contribution in [0.25, 0.3) is 0 Å². The first-order valence-corrected chi connectivity index (χ1v) is 8.44. The Kier molecular flexibility index (Phi) is 14.2. The van der Waals surface area contributed by atoms with Gasteiger partial charge >= 0.3 is 0 Å². The number of nitrogens with two attached hydrogens (primary N) is 1. The molecule has 0 heterocycles. The van der Waals surface area contributed by atoms with Crippen molar-refractivity contribution in [1.82, 2.24) is 10.2 Å². The van der Waals surface area contributed by atoms with Crippen LogP contribution in [0.15, 0.2) is 0 Å². The molecule has 1 atom stereocenters. The van der Waals surface area contributed by atoms with Crippen molar-refractivity contribution >= 4 is 0 Å². The first-order chi connectivity index (χ1) is 9.29. The average molecular weight is 271 g/mol. The zero-order valence-corrected chi connectivity index (χ0v) is 13.6. The molecule has 0 aromatic heterocycles. The summed E-state index contributed by atoms with van der Waals surface area (Å²) >= 11 is 0. The zero-order chi connectivity index (χ0) is 14.3. The van der Waals surface area contributed by atoms with Crippen LogP contribution in [0.5, 0.6) is 0 Å². The highest BCUT2D eigenvalue weighted by Gasteiger charge is 2.16. The van der Waals surface area contributed by atoms with Crippen molar-refractivity contribution in [3.05, 3.63) is 0 Å². The lowest BCUT2D eigenvalue weighted by Crippen LogP contribution is -2.44. The van der Waals surface area contributed by atoms with Crippen molar-refractivity contribution in [2.24, 2.45) is 5.73 Å². The van der Waals surface area contributed by atoms with Crippen LogP contribution in [0.2, 0.25) is 0 Å². The largest absolute Gasteiger partial charge is 0.329 e. The molecular formula is C16H37N3. The van der Waals surface area contributed by atoms with E-state index < -0.39 is 0 Å². The van der Waals surface area contributed by atoms with Crippen molar-refractivity contribution < 1.29 is 0 Å². The molecule has 0 aliphatic carbocycles. The van der Waals surface area contributed by atoms with Gasteiger partial charge in [-0.15, -0.1) is 0 Å². The Morgan fingerprint density at radius 2 is 1.53 bits per heavy atom. The summed E-state index contributed by atoms with van der Waals surface area (Å²) in [4.78, 5) is 2.71. The summed E-state index contributed by atoms with van der Waals surface area (Å²) in [5.41, 5.74) is 5.58. The molecule has 0 spiro atoms. The normalized spacial score (nSPS) is 13.1. The van der Waals surface area contributed by atoms with E-state index in [2.05, 4.69) is 31.0 Å². The summed E-state index contributed by atoms with van der Waals surface area (Å²) in [6.07, 6.45) is 9.18. The molecular weight excluding hydrogens is 234 g/mol. The van der Waals surface area contributed by atoms with Gasteiger partial charge in [0.2, 0.25) is 0 Å². The van der Waals surface area contributed by atoms with Crippen molar-refractivity contribution in [2.75, 3.05) is 32.7 Å². The molecule has 1 unspecified atom stereocenters. The summed E-state index contributed by atoms with van der Waals surface area (Å²) < 4.78 is 0. The van der Waals surface area contributed by atoms with Gasteiger partial charge in [-0.1, -0.05) is 46.5 Å². The maximum Gasteiger partial charge on any atom is 0.0220 e. The van der Waals surface area contributed by atoms with Crippen LogP contribution in [0.4, 0.5) is 0 Å². The SMILES string of the molecule is CCCCC(CNCCN)N(CCCC)CCCC. The molecule has 0 aromatic rings. The van der Waals surface area contributed by atoms with E-state index in [-0.39, 0.29) is 0 Å². The minimum Gasteiger partial charge on any atom is -0.329 e. The molecule has 0 radical (unpaired) electrons. The molecule has 116 valence electrons. The van der Waals surface area contributed by atoms with E-state index in [0.29, 0.717) is 6.04 Å². The van der Waals surface area contributed by atoms with E-state index in [4.69, 9.17) is 5.73 Å². The van der Waals surface area contributed by atoms with Gasteiger partial charge in [0, 0.05) is 25.7 Å². The molecule has 0 amide bonds. The molecule has 19 heavy (non-hydrogen) atoms. The van der Waals surface area contributed by atoms with Crippen LogP contribution < -0.4 is 11.1 Å². The summed E-state index contributed by atoms with van der Waals surface area (Å²) in [5, 5.41) is 3.51. The third kappa shape index (κ3) is 10.3. The van der Waals surface area contributed by atoms with E-state index in [0.717, 1.165) is 19.6 Å². The van der Waals surface area contributed by atoms with E-state index in [1.807, 2.05) is 0 Å². The van der Waals surface area contributed by atoms with Crippen LogP contribution in [0.1, 0.15) is 65.7 Å². The van der Waals surface area contributed by atoms with Gasteiger partial charge in [0.25, 0.3) is 0 Å². The van der Waals surface area contributed by atoms with Gasteiger partial charge in [-0.25, -0.2) is 0 Å². The molecule has 0 saturated carbocycles. The van der Waals surface area contributed by atoms with E-state index in [1.54, 1.807) is 0 Å². The lowest BCUT2D eigenvalue weighted by molar-refractivity contribution is 0.174. The fourth-order valence-electron chi connectivity index (χ4n) is 2.42. The Labute approximate surface area is 121 Å². The Balaban J connectivity index is 4.29. The number of nitrogens with zero attached hydrogens (tertiary/aromatic N) is 1. The Bertz CT molecular complexity index is 165. The minimum absolute atomic E-state index is 0.699. The Morgan fingerprint density at radius 3 is 2.00 bits per heavy atom. The van der Waals surface area contributed by atoms with Gasteiger partial charge < -0.3 is 11.1 Å². The summed E-state index contributed by atoms with van der Waals surface area (Å²) in [6, 6.07) is 0.699. The highest BCUT2D eigenvalue weighted by Crippen LogP contribution is 2.11. The first-order valence-electron chi connectivity index (χ1n) is 8.44. The molecule has 0 bridgehead atoms. The van der Waals surface area contributed by atoms with E-state index in [9.17, 15) is 0 Å². The second-order valence-corrected chi connectivity index (χ2v) is 5.53. The predicted octanol–water partition coefficient (Wildman–Crippen LogP) is 3.00. The quantitative estimate of drug-likeness (QED) is 0.477. The lowest BCUT2D eigenvalue weighted by atomic mass is 10.1. The van der Waals surface area contributed by atoms with Gasteiger partial charge in [0.1, 0.15) is 0 Å². The molecule has 3 nitrogen and oxygen atoms in total. The second-order valence-electron chi connectivity index (χ2n) is 5.53. The zero-order valence-electron chi connectivity index (χ0n) is 13.6. The highest BCUT2D eigenvalue weighted by molar-refractivity contribution is 4.74. The molecule has 0 saturated heterocycles. The summed E-state index contributed by atoms with van der Waals surface area (Å²) in [7, 11) is 0. The smallest absolute Gasteiger partial charge is 0.0220 e. The average Bonchev–Trinajstić information content (AvgIpc) is 2.43. The van der Waals surface area contributed by atoms with Crippen LogP contribution in [-0.2, 0) is 0 Å². The molecule has 3 heteroatoms. The van der Waals surface area contributed by atoms with Gasteiger partial charge in [-0.3, -0.25) is 4.90 Å². The maximum atomic E-state index is 5.58. The standard InChI is InChI=1S/C16H37N3/c1-4-7-10-16(15-18-12-11-17)19(13-8-5-2)14-9-6-3/h16,18H,4-15,17H2,1-3H3. The number of rotatable bonds is 14. The topological polar surface area (TPSA) is 41.3 Å².